The zero-order valence-electron chi connectivity index (χ0n) is 9.58. The van der Waals surface area contributed by atoms with Crippen molar-refractivity contribution in [1.29, 1.82) is 0 Å². The highest BCUT2D eigenvalue weighted by Crippen LogP contribution is 2.34. The van der Waals surface area contributed by atoms with Gasteiger partial charge >= 0.3 is 0 Å². The molecule has 0 aromatic rings. The van der Waals surface area contributed by atoms with Crippen LogP contribution in [0.1, 0.15) is 45.4 Å². The first-order valence-corrected chi connectivity index (χ1v) is 6.20. The minimum absolute atomic E-state index is 0.434. The first-order valence-electron chi connectivity index (χ1n) is 6.20. The van der Waals surface area contributed by atoms with Gasteiger partial charge in [-0.2, -0.15) is 0 Å². The van der Waals surface area contributed by atoms with Crippen molar-refractivity contribution in [1.82, 2.24) is 4.90 Å². The van der Waals surface area contributed by atoms with Crippen LogP contribution in [0, 0.1) is 5.92 Å². The van der Waals surface area contributed by atoms with Gasteiger partial charge in [-0.05, 0) is 45.1 Å². The van der Waals surface area contributed by atoms with Crippen LogP contribution >= 0.6 is 0 Å². The molecule has 2 fully saturated rings. The molecular weight excluding hydrogens is 172 g/mol. The molecule has 0 saturated heterocycles. The average Bonchev–Trinajstić information content (AvgIpc) is 3.01. The number of hydrogen-bond acceptors (Lipinski definition) is 2. The summed E-state index contributed by atoms with van der Waals surface area (Å²) in [6.45, 7) is 2.32. The molecular formula is C12H24N2. The van der Waals surface area contributed by atoms with E-state index >= 15 is 0 Å². The molecule has 2 aliphatic carbocycles. The maximum Gasteiger partial charge on any atom is 0.0249 e. The van der Waals surface area contributed by atoms with Crippen molar-refractivity contribution in [2.24, 2.45) is 11.7 Å². The molecule has 0 aromatic heterocycles. The van der Waals surface area contributed by atoms with Gasteiger partial charge in [-0.3, -0.25) is 4.90 Å². The third-order valence-electron chi connectivity index (χ3n) is 4.20. The lowest BCUT2D eigenvalue weighted by molar-refractivity contribution is 0.128. The molecule has 2 aliphatic rings. The second kappa shape index (κ2) is 4.19. The zero-order valence-corrected chi connectivity index (χ0v) is 9.58. The Labute approximate surface area is 87.8 Å². The molecule has 3 unspecified atom stereocenters. The van der Waals surface area contributed by atoms with E-state index in [4.69, 9.17) is 5.73 Å². The van der Waals surface area contributed by atoms with Crippen LogP contribution in [0.4, 0.5) is 0 Å². The Kier molecular flexibility index (Phi) is 3.13. The van der Waals surface area contributed by atoms with Gasteiger partial charge in [0.1, 0.15) is 0 Å². The summed E-state index contributed by atoms with van der Waals surface area (Å²) in [7, 11) is 2.28. The number of likely N-dealkylation sites (N-methyl/N-ethyl adjacent to an activating group) is 1. The molecule has 0 amide bonds. The Morgan fingerprint density at radius 3 is 2.50 bits per heavy atom. The third-order valence-corrected chi connectivity index (χ3v) is 4.20. The molecule has 0 spiro atoms. The van der Waals surface area contributed by atoms with Gasteiger partial charge in [-0.25, -0.2) is 0 Å². The number of nitrogens with two attached hydrogens (primary N) is 1. The van der Waals surface area contributed by atoms with E-state index in [1.54, 1.807) is 0 Å². The second-order valence-electron chi connectivity index (χ2n) is 5.22. The van der Waals surface area contributed by atoms with Crippen LogP contribution in [0.3, 0.4) is 0 Å². The minimum Gasteiger partial charge on any atom is -0.326 e. The number of hydrogen-bond donors (Lipinski definition) is 1. The molecule has 0 aromatic carbocycles. The predicted octanol–water partition coefficient (Wildman–Crippen LogP) is 1.99. The lowest BCUT2D eigenvalue weighted by atomic mass is 9.81. The van der Waals surface area contributed by atoms with E-state index < -0.39 is 0 Å². The van der Waals surface area contributed by atoms with Crippen molar-refractivity contribution in [3.05, 3.63) is 0 Å². The van der Waals surface area contributed by atoms with Crippen LogP contribution in [0.5, 0.6) is 0 Å². The molecule has 0 bridgehead atoms. The Morgan fingerprint density at radius 1 is 1.21 bits per heavy atom. The average molecular weight is 196 g/mol. The number of nitrogens with zero attached hydrogens (tertiary/aromatic N) is 1. The second-order valence-corrected chi connectivity index (χ2v) is 5.22. The van der Waals surface area contributed by atoms with Gasteiger partial charge in [-0.15, -0.1) is 0 Å². The van der Waals surface area contributed by atoms with Gasteiger partial charge in [0.25, 0.3) is 0 Å². The quantitative estimate of drug-likeness (QED) is 0.748. The van der Waals surface area contributed by atoms with Crippen LogP contribution < -0.4 is 5.73 Å². The van der Waals surface area contributed by atoms with Crippen molar-refractivity contribution in [3.63, 3.8) is 0 Å². The lowest BCUT2D eigenvalue weighted by Crippen LogP contribution is -2.50. The Hall–Kier alpha value is -0.0800. The third kappa shape index (κ3) is 2.12. The fraction of sp³-hybridized carbons (Fsp3) is 1.00. The highest BCUT2D eigenvalue weighted by Gasteiger charge is 2.36. The molecule has 2 heteroatoms. The summed E-state index contributed by atoms with van der Waals surface area (Å²) in [5.41, 5.74) is 6.22. The Bertz CT molecular complexity index is 189. The molecule has 0 radical (unpaired) electrons. The SMILES string of the molecule is CCC1CCC(N)C(N(C)C2CC2)C1. The van der Waals surface area contributed by atoms with E-state index in [1.807, 2.05) is 0 Å². The summed E-state index contributed by atoms with van der Waals surface area (Å²) in [6.07, 6.45) is 8.06. The van der Waals surface area contributed by atoms with E-state index in [9.17, 15) is 0 Å². The van der Waals surface area contributed by atoms with E-state index in [1.165, 1.54) is 38.5 Å². The smallest absolute Gasteiger partial charge is 0.0249 e. The summed E-state index contributed by atoms with van der Waals surface area (Å²) < 4.78 is 0. The first-order chi connectivity index (χ1) is 6.72. The van der Waals surface area contributed by atoms with E-state index in [0.717, 1.165) is 12.0 Å². The summed E-state index contributed by atoms with van der Waals surface area (Å²) in [4.78, 5) is 2.56. The van der Waals surface area contributed by atoms with Gasteiger partial charge in [0.2, 0.25) is 0 Å². The van der Waals surface area contributed by atoms with Gasteiger partial charge in [0.15, 0.2) is 0 Å². The van der Waals surface area contributed by atoms with Gasteiger partial charge in [0.05, 0.1) is 0 Å². The Balaban J connectivity index is 1.92. The van der Waals surface area contributed by atoms with Crippen LogP contribution in [0.2, 0.25) is 0 Å². The molecule has 2 rings (SSSR count). The van der Waals surface area contributed by atoms with Crippen molar-refractivity contribution < 1.29 is 0 Å². The highest BCUT2D eigenvalue weighted by atomic mass is 15.2. The molecule has 82 valence electrons. The van der Waals surface area contributed by atoms with Crippen molar-refractivity contribution in [2.45, 2.75) is 63.6 Å². The van der Waals surface area contributed by atoms with Crippen LogP contribution in [-0.2, 0) is 0 Å². The molecule has 0 aliphatic heterocycles. The summed E-state index contributed by atoms with van der Waals surface area (Å²) in [5.74, 6) is 0.931. The normalized spacial score (nSPS) is 39.0. The van der Waals surface area contributed by atoms with Gasteiger partial charge < -0.3 is 5.73 Å². The zero-order chi connectivity index (χ0) is 10.1. The largest absolute Gasteiger partial charge is 0.326 e. The maximum atomic E-state index is 6.22. The molecule has 2 nitrogen and oxygen atoms in total. The number of rotatable bonds is 3. The standard InChI is InChI=1S/C12H24N2/c1-3-9-4-7-11(13)12(8-9)14(2)10-5-6-10/h9-12H,3-8,13H2,1-2H3. The van der Waals surface area contributed by atoms with Crippen LogP contribution in [0.15, 0.2) is 0 Å². The maximum absolute atomic E-state index is 6.22. The summed E-state index contributed by atoms with van der Waals surface area (Å²) in [5, 5.41) is 0. The van der Waals surface area contributed by atoms with E-state index in [2.05, 4.69) is 18.9 Å². The minimum atomic E-state index is 0.434. The fourth-order valence-corrected chi connectivity index (χ4v) is 2.85. The predicted molar refractivity (Wildman–Crippen MR) is 60.2 cm³/mol. The van der Waals surface area contributed by atoms with Crippen molar-refractivity contribution in [3.8, 4) is 0 Å². The first kappa shape index (κ1) is 10.4. The molecule has 0 heterocycles. The van der Waals surface area contributed by atoms with Gasteiger partial charge in [0, 0.05) is 18.1 Å². The Morgan fingerprint density at radius 2 is 1.93 bits per heavy atom. The van der Waals surface area contributed by atoms with Crippen LogP contribution in [-0.4, -0.2) is 30.1 Å². The van der Waals surface area contributed by atoms with E-state index in [-0.39, 0.29) is 0 Å². The van der Waals surface area contributed by atoms with Crippen molar-refractivity contribution >= 4 is 0 Å². The monoisotopic (exact) mass is 196 g/mol. The van der Waals surface area contributed by atoms with Gasteiger partial charge in [-0.1, -0.05) is 13.3 Å². The summed E-state index contributed by atoms with van der Waals surface area (Å²) >= 11 is 0. The fourth-order valence-electron chi connectivity index (χ4n) is 2.85. The van der Waals surface area contributed by atoms with Crippen molar-refractivity contribution in [2.75, 3.05) is 7.05 Å². The topological polar surface area (TPSA) is 29.3 Å². The molecule has 2 N–H and O–H groups in total. The lowest BCUT2D eigenvalue weighted by Gasteiger charge is -2.39. The molecule has 14 heavy (non-hydrogen) atoms. The molecule has 2 saturated carbocycles. The highest BCUT2D eigenvalue weighted by molar-refractivity contribution is 4.94. The van der Waals surface area contributed by atoms with Crippen LogP contribution in [0.25, 0.3) is 0 Å². The molecule has 3 atom stereocenters. The van der Waals surface area contributed by atoms with E-state index in [0.29, 0.717) is 12.1 Å². The summed E-state index contributed by atoms with van der Waals surface area (Å²) in [6, 6.07) is 1.96.